The molecule has 6 amide bonds. The molecule has 3 aliphatic heterocycles. The van der Waals surface area contributed by atoms with E-state index < -0.39 is 120 Å². The van der Waals surface area contributed by atoms with Crippen LogP contribution in [0.25, 0.3) is 0 Å². The second-order valence-electron chi connectivity index (χ2n) is 17.4. The van der Waals surface area contributed by atoms with Crippen LogP contribution < -0.4 is 34.3 Å². The Hall–Kier alpha value is -4.58. The number of amides is 6. The predicted molar refractivity (Wildman–Crippen MR) is 199 cm³/mol. The smallest absolute Gasteiger partial charge is 0.747 e. The van der Waals surface area contributed by atoms with Crippen molar-refractivity contribution in [3.8, 4) is 5.75 Å². The molecule has 2 fully saturated rings. The van der Waals surface area contributed by atoms with Crippen LogP contribution in [0.1, 0.15) is 108 Å². The van der Waals surface area contributed by atoms with Gasteiger partial charge in [-0.1, -0.05) is 0 Å². The molecule has 0 saturated carbocycles. The molecule has 340 valence electrons. The second kappa shape index (κ2) is 21.2. The van der Waals surface area contributed by atoms with Gasteiger partial charge in [-0.05, 0) is 90.0 Å². The summed E-state index contributed by atoms with van der Waals surface area (Å²) in [6.45, 7) is 20.1. The van der Waals surface area contributed by atoms with Crippen LogP contribution in [0.5, 0.6) is 5.75 Å². The minimum absolute atomic E-state index is 0. The van der Waals surface area contributed by atoms with Crippen molar-refractivity contribution in [2.75, 3.05) is 0 Å². The Balaban J connectivity index is 0.000000809. The molecule has 0 radical (unpaired) electrons. The molecule has 0 N–H and O–H groups in total. The summed E-state index contributed by atoms with van der Waals surface area (Å²) < 4.78 is 89.8. The first kappa shape index (κ1) is 57.4. The number of ether oxygens (including phenoxy) is 1. The third kappa shape index (κ3) is 15.3. The molecule has 0 aliphatic carbocycles. The summed E-state index contributed by atoms with van der Waals surface area (Å²) in [5.41, 5.74) is -3.97. The molecule has 62 heavy (non-hydrogen) atoms. The van der Waals surface area contributed by atoms with Gasteiger partial charge in [0.25, 0.3) is 35.4 Å². The van der Waals surface area contributed by atoms with Crippen molar-refractivity contribution in [1.82, 2.24) is 15.0 Å². The quantitative estimate of drug-likeness (QED) is 0.0778. The number of carbonyl (C=O) groups is 9. The zero-order valence-corrected chi connectivity index (χ0v) is 39.6. The van der Waals surface area contributed by atoms with Crippen molar-refractivity contribution < 1.29 is 118 Å². The van der Waals surface area contributed by atoms with Gasteiger partial charge < -0.3 is 19.0 Å². The number of carbonyl (C=O) groups excluding carboxylic acids is 9. The third-order valence-corrected chi connectivity index (χ3v) is 8.78. The van der Waals surface area contributed by atoms with E-state index >= 15 is 0 Å². The van der Waals surface area contributed by atoms with E-state index in [1.165, 1.54) is 58.6 Å². The molecule has 24 heteroatoms. The maximum Gasteiger partial charge on any atom is 1.00 e. The molecular formula is C38H48F4N3NaO15S. The maximum absolute atomic E-state index is 13.4. The van der Waals surface area contributed by atoms with Crippen molar-refractivity contribution in [1.29, 1.82) is 0 Å². The number of benzene rings is 1. The minimum Gasteiger partial charge on any atom is -0.747 e. The molecule has 1 aromatic carbocycles. The Kier molecular flexibility index (Phi) is 19.6. The molecule has 4 rings (SSSR count). The van der Waals surface area contributed by atoms with E-state index in [9.17, 15) is 73.7 Å². The molecule has 0 aromatic heterocycles. The summed E-state index contributed by atoms with van der Waals surface area (Å²) in [6, 6.07) is 0. The average Bonchev–Trinajstić information content (AvgIpc) is 3.72. The largest absolute Gasteiger partial charge is 1.00 e. The number of nitrogens with zero attached hydrogens (tertiary/aromatic N) is 3. The van der Waals surface area contributed by atoms with Crippen molar-refractivity contribution in [2.24, 2.45) is 16.2 Å². The van der Waals surface area contributed by atoms with E-state index in [0.717, 1.165) is 6.92 Å². The van der Waals surface area contributed by atoms with Crippen LogP contribution in [0, 0.1) is 46.4 Å². The molecule has 3 heterocycles. The fourth-order valence-electron chi connectivity index (χ4n) is 4.12. The van der Waals surface area contributed by atoms with E-state index in [1.807, 2.05) is 20.8 Å². The van der Waals surface area contributed by atoms with Gasteiger partial charge in [0.1, 0.15) is 15.4 Å². The SMILES string of the molecule is CC(C)(C)C(=O)ON1C(=O)CC(S(=O)(=O)[O-])C1=O.CC(C)(C)C(=O)ON1C(=O)CCC1=O.CC(C)(C)N1C(=O)C=CC1=O.Cc1c(F)c(F)c(OC(=O)C(C)(C)C)c(F)c1F.[Na+]. The van der Waals surface area contributed by atoms with Crippen LogP contribution in [0.15, 0.2) is 12.2 Å². The molecule has 18 nitrogen and oxygen atoms in total. The Bertz CT molecular complexity index is 2070. The summed E-state index contributed by atoms with van der Waals surface area (Å²) in [5, 5.41) is -1.40. The summed E-state index contributed by atoms with van der Waals surface area (Å²) in [7, 11) is -4.94. The van der Waals surface area contributed by atoms with E-state index in [-0.39, 0.29) is 59.3 Å². The third-order valence-electron chi connectivity index (χ3n) is 7.72. The Morgan fingerprint density at radius 1 is 0.629 bits per heavy atom. The first-order valence-corrected chi connectivity index (χ1v) is 19.5. The summed E-state index contributed by atoms with van der Waals surface area (Å²) in [5.74, 6) is -14.1. The normalized spacial score (nSPS) is 16.7. The van der Waals surface area contributed by atoms with E-state index in [2.05, 4.69) is 9.57 Å². The number of halogens is 4. The second-order valence-corrected chi connectivity index (χ2v) is 19.0. The molecular weight excluding hydrogens is 869 g/mol. The molecule has 2 saturated heterocycles. The number of imide groups is 3. The number of esters is 1. The number of rotatable bonds is 4. The topological polar surface area (TPSA) is 248 Å². The van der Waals surface area contributed by atoms with E-state index in [1.54, 1.807) is 20.8 Å². The molecule has 3 aliphatic rings. The van der Waals surface area contributed by atoms with Crippen molar-refractivity contribution >= 4 is 63.5 Å². The van der Waals surface area contributed by atoms with Crippen LogP contribution in [0.2, 0.25) is 0 Å². The Labute approximate surface area is 377 Å². The van der Waals surface area contributed by atoms with Gasteiger partial charge >= 0.3 is 47.5 Å². The Morgan fingerprint density at radius 2 is 0.984 bits per heavy atom. The van der Waals surface area contributed by atoms with Gasteiger partial charge in [-0.15, -0.1) is 10.1 Å². The van der Waals surface area contributed by atoms with Gasteiger partial charge in [0, 0.05) is 36.1 Å². The van der Waals surface area contributed by atoms with Crippen LogP contribution in [0.3, 0.4) is 0 Å². The van der Waals surface area contributed by atoms with E-state index in [0.29, 0.717) is 5.06 Å². The first-order valence-electron chi connectivity index (χ1n) is 18.0. The van der Waals surface area contributed by atoms with Crippen LogP contribution >= 0.6 is 0 Å². The van der Waals surface area contributed by atoms with E-state index in [4.69, 9.17) is 4.84 Å². The summed E-state index contributed by atoms with van der Waals surface area (Å²) >= 11 is 0. The molecule has 1 unspecified atom stereocenters. The zero-order chi connectivity index (χ0) is 48.1. The predicted octanol–water partition coefficient (Wildman–Crippen LogP) is 1.02. The van der Waals surface area contributed by atoms with Gasteiger partial charge in [-0.2, -0.15) is 8.78 Å². The fourth-order valence-corrected chi connectivity index (χ4v) is 4.81. The van der Waals surface area contributed by atoms with Crippen molar-refractivity contribution in [3.63, 3.8) is 0 Å². The first-order chi connectivity index (χ1) is 27.3. The van der Waals surface area contributed by atoms with Crippen LogP contribution in [-0.2, 0) is 62.9 Å². The minimum atomic E-state index is -4.94. The molecule has 0 bridgehead atoms. The zero-order valence-electron chi connectivity index (χ0n) is 36.7. The number of hydrogen-bond donors (Lipinski definition) is 0. The van der Waals surface area contributed by atoms with Crippen molar-refractivity contribution in [3.05, 3.63) is 41.0 Å². The number of hydrogen-bond acceptors (Lipinski definition) is 15. The molecule has 1 aromatic rings. The van der Waals surface area contributed by atoms with Crippen molar-refractivity contribution in [2.45, 2.75) is 120 Å². The molecule has 1 atom stereocenters. The van der Waals surface area contributed by atoms with Gasteiger partial charge in [-0.25, -0.2) is 26.8 Å². The van der Waals surface area contributed by atoms with Crippen LogP contribution in [-0.4, -0.2) is 92.1 Å². The average molecular weight is 918 g/mol. The summed E-state index contributed by atoms with van der Waals surface area (Å²) in [6.07, 6.45) is 2.04. The number of hydroxylamine groups is 4. The Morgan fingerprint density at radius 3 is 1.27 bits per heavy atom. The van der Waals surface area contributed by atoms with Gasteiger partial charge in [-0.3, -0.25) is 38.5 Å². The van der Waals surface area contributed by atoms with Gasteiger partial charge in [0.2, 0.25) is 17.4 Å². The fraction of sp³-hybridized carbons (Fsp3) is 0.553. The monoisotopic (exact) mass is 917 g/mol. The van der Waals surface area contributed by atoms with Gasteiger partial charge in [0.15, 0.2) is 11.6 Å². The molecule has 0 spiro atoms. The standard InChI is InChI=1S/C12H12F4O2.C9H13NO7S.C9H13NO4.C8H11NO2.Na/c1-5-6(13)8(15)10(9(16)7(5)14)18-11(17)12(2,3)4;1-9(2,3)8(13)17-10-6(11)4-5(7(10)12)18(14,15)16;1-9(2,3)8(13)14-10-6(11)4-5-7(10)12;1-8(2,3)9-6(10)4-5-7(9)11;/h1-4H3;5H,4H2,1-3H3,(H,14,15,16);4-5H2,1-3H3;4-5H,1-3H3;/q;;;;+1/p-1. The van der Waals surface area contributed by atoms with Crippen LogP contribution in [0.4, 0.5) is 17.6 Å². The summed E-state index contributed by atoms with van der Waals surface area (Å²) in [4.78, 5) is 112. The maximum atomic E-state index is 13.4. The van der Waals surface area contributed by atoms with Gasteiger partial charge in [0.05, 0.1) is 22.7 Å².